The van der Waals surface area contributed by atoms with Crippen molar-refractivity contribution in [1.82, 2.24) is 10.3 Å². The van der Waals surface area contributed by atoms with Gasteiger partial charge in [-0.25, -0.2) is 0 Å². The topological polar surface area (TPSA) is 124 Å². The van der Waals surface area contributed by atoms with Crippen LogP contribution in [0.25, 0.3) is 0 Å². The number of ether oxygens (including phenoxy) is 2. The molecule has 1 aliphatic rings. The van der Waals surface area contributed by atoms with Crippen LogP contribution in [0.5, 0.6) is 17.2 Å². The van der Waals surface area contributed by atoms with Gasteiger partial charge in [0.15, 0.2) is 0 Å². The Balaban J connectivity index is 1.46. The Kier molecular flexibility index (Phi) is 6.72. The highest BCUT2D eigenvalue weighted by atomic mass is 16.5. The summed E-state index contributed by atoms with van der Waals surface area (Å²) in [6.45, 7) is -0.0389. The molecule has 0 saturated heterocycles. The second-order valence-electron chi connectivity index (χ2n) is 7.79. The lowest BCUT2D eigenvalue weighted by Crippen LogP contribution is -2.49. The van der Waals surface area contributed by atoms with Crippen LogP contribution >= 0.6 is 0 Å². The minimum Gasteiger partial charge on any atom is -0.489 e. The van der Waals surface area contributed by atoms with Crippen LogP contribution in [0.4, 0.5) is 5.69 Å². The molecule has 0 spiro atoms. The summed E-state index contributed by atoms with van der Waals surface area (Å²) < 4.78 is 11.6. The number of para-hydroxylation sites is 1. The third-order valence-electron chi connectivity index (χ3n) is 5.33. The molecule has 34 heavy (non-hydrogen) atoms. The van der Waals surface area contributed by atoms with Crippen LogP contribution in [-0.4, -0.2) is 42.4 Å². The van der Waals surface area contributed by atoms with Crippen LogP contribution in [0, 0.1) is 0 Å². The molecule has 0 bridgehead atoms. The van der Waals surface area contributed by atoms with E-state index in [9.17, 15) is 14.4 Å². The molecule has 0 fully saturated rings. The number of amides is 3. The molecule has 0 unspecified atom stereocenters. The van der Waals surface area contributed by atoms with Crippen molar-refractivity contribution in [2.24, 2.45) is 5.73 Å². The number of hydrogen-bond donors (Lipinski definition) is 2. The van der Waals surface area contributed by atoms with Gasteiger partial charge < -0.3 is 25.4 Å². The van der Waals surface area contributed by atoms with Gasteiger partial charge in [0, 0.05) is 25.7 Å². The van der Waals surface area contributed by atoms with Crippen LogP contribution in [-0.2, 0) is 16.0 Å². The summed E-state index contributed by atoms with van der Waals surface area (Å²) in [7, 11) is 1.61. The first kappa shape index (κ1) is 22.8. The summed E-state index contributed by atoms with van der Waals surface area (Å²) >= 11 is 0. The predicted molar refractivity (Wildman–Crippen MR) is 125 cm³/mol. The molecule has 9 heteroatoms. The largest absolute Gasteiger partial charge is 0.489 e. The van der Waals surface area contributed by atoms with E-state index in [1.54, 1.807) is 37.4 Å². The molecule has 9 nitrogen and oxygen atoms in total. The van der Waals surface area contributed by atoms with Crippen LogP contribution in [0.2, 0.25) is 0 Å². The Hall–Kier alpha value is -4.40. The zero-order valence-corrected chi connectivity index (χ0v) is 18.6. The van der Waals surface area contributed by atoms with Gasteiger partial charge in [-0.1, -0.05) is 24.3 Å². The number of fused-ring (bicyclic) bond motifs is 1. The maximum atomic E-state index is 13.1. The average molecular weight is 460 g/mol. The number of carbonyl (C=O) groups is 3. The number of primary amides is 1. The third kappa shape index (κ3) is 5.32. The van der Waals surface area contributed by atoms with Crippen molar-refractivity contribution >= 4 is 23.4 Å². The number of aromatic nitrogens is 1. The molecule has 0 radical (unpaired) electrons. The number of nitrogens with two attached hydrogens (primary N) is 1. The van der Waals surface area contributed by atoms with Crippen molar-refractivity contribution in [1.29, 1.82) is 0 Å². The first-order valence-corrected chi connectivity index (χ1v) is 10.7. The van der Waals surface area contributed by atoms with Gasteiger partial charge in [0.05, 0.1) is 5.69 Å². The Morgan fingerprint density at radius 3 is 2.71 bits per heavy atom. The number of benzene rings is 2. The molecule has 174 valence electrons. The lowest BCUT2D eigenvalue weighted by Gasteiger charge is -2.20. The van der Waals surface area contributed by atoms with Crippen LogP contribution in [0.3, 0.4) is 0 Å². The number of aryl methyl sites for hydroxylation is 1. The van der Waals surface area contributed by atoms with Gasteiger partial charge in [-0.15, -0.1) is 0 Å². The van der Waals surface area contributed by atoms with E-state index in [-0.39, 0.29) is 24.6 Å². The van der Waals surface area contributed by atoms with Crippen molar-refractivity contribution < 1.29 is 23.9 Å². The monoisotopic (exact) mass is 460 g/mol. The zero-order valence-electron chi connectivity index (χ0n) is 18.6. The molecule has 3 amide bonds. The predicted octanol–water partition coefficient (Wildman–Crippen LogP) is 2.45. The summed E-state index contributed by atoms with van der Waals surface area (Å²) in [6, 6.07) is 16.7. The van der Waals surface area contributed by atoms with Gasteiger partial charge in [0.1, 0.15) is 35.6 Å². The molecule has 4 rings (SSSR count). The first-order chi connectivity index (χ1) is 16.4. The summed E-state index contributed by atoms with van der Waals surface area (Å²) in [4.78, 5) is 42.6. The zero-order chi connectivity index (χ0) is 24.1. The van der Waals surface area contributed by atoms with Gasteiger partial charge in [0.2, 0.25) is 5.91 Å². The quantitative estimate of drug-likeness (QED) is 0.558. The van der Waals surface area contributed by atoms with Crippen molar-refractivity contribution in [2.45, 2.75) is 18.9 Å². The average Bonchev–Trinajstić information content (AvgIpc) is 2.95. The van der Waals surface area contributed by atoms with Gasteiger partial charge >= 0.3 is 0 Å². The standard InChI is InChI=1S/C25H24N4O5/c1-29-21-13-16(8-10-23(26)30)7-9-22(21)33-15-20(25(29)32)28-24(31)19-14-18(11-12-27-19)34-17-5-3-2-4-6-17/h2-7,9,11-14,20H,8,10,15H2,1H3,(H2,26,30)(H,28,31)/t20-/m0/s1. The van der Waals surface area contributed by atoms with E-state index in [4.69, 9.17) is 15.2 Å². The maximum Gasteiger partial charge on any atom is 0.270 e. The summed E-state index contributed by atoms with van der Waals surface area (Å²) in [5.41, 5.74) is 6.75. The van der Waals surface area contributed by atoms with E-state index in [0.29, 0.717) is 29.4 Å². The van der Waals surface area contributed by atoms with Crippen molar-refractivity contribution in [3.8, 4) is 17.2 Å². The molecule has 1 atom stereocenters. The fourth-order valence-electron chi connectivity index (χ4n) is 3.53. The third-order valence-corrected chi connectivity index (χ3v) is 5.33. The highest BCUT2D eigenvalue weighted by Gasteiger charge is 2.31. The van der Waals surface area contributed by atoms with Gasteiger partial charge in [-0.05, 0) is 42.3 Å². The Labute approximate surface area is 196 Å². The summed E-state index contributed by atoms with van der Waals surface area (Å²) in [5.74, 6) is 0.319. The van der Waals surface area contributed by atoms with Gasteiger partial charge in [-0.2, -0.15) is 0 Å². The van der Waals surface area contributed by atoms with E-state index in [1.165, 1.54) is 17.2 Å². The lowest BCUT2D eigenvalue weighted by atomic mass is 10.1. The molecule has 2 heterocycles. The molecule has 3 aromatic rings. The smallest absolute Gasteiger partial charge is 0.270 e. The minimum atomic E-state index is -0.917. The van der Waals surface area contributed by atoms with E-state index < -0.39 is 17.9 Å². The van der Waals surface area contributed by atoms with Gasteiger partial charge in [-0.3, -0.25) is 19.4 Å². The number of hydrogen-bond acceptors (Lipinski definition) is 6. The SMILES string of the molecule is CN1C(=O)[C@@H](NC(=O)c2cc(Oc3ccccc3)ccn2)COc2ccc(CCC(N)=O)cc21. The minimum absolute atomic E-state index is 0.0389. The number of nitrogens with one attached hydrogen (secondary N) is 1. The van der Waals surface area contributed by atoms with E-state index in [0.717, 1.165) is 5.56 Å². The second kappa shape index (κ2) is 10.0. The summed E-state index contributed by atoms with van der Waals surface area (Å²) in [6.07, 6.45) is 2.13. The van der Waals surface area contributed by atoms with E-state index in [1.807, 2.05) is 24.3 Å². The Morgan fingerprint density at radius 1 is 1.15 bits per heavy atom. The fraction of sp³-hybridized carbons (Fsp3) is 0.200. The first-order valence-electron chi connectivity index (χ1n) is 10.7. The molecule has 2 aromatic carbocycles. The summed E-state index contributed by atoms with van der Waals surface area (Å²) in [5, 5.41) is 2.70. The number of pyridine rings is 1. The number of rotatable bonds is 7. The molecular formula is C25H24N4O5. The number of nitrogens with zero attached hydrogens (tertiary/aromatic N) is 2. The van der Waals surface area contributed by atoms with E-state index >= 15 is 0 Å². The van der Waals surface area contributed by atoms with Crippen molar-refractivity contribution in [3.63, 3.8) is 0 Å². The molecule has 3 N–H and O–H groups in total. The molecule has 0 aliphatic carbocycles. The van der Waals surface area contributed by atoms with Crippen molar-refractivity contribution in [2.75, 3.05) is 18.6 Å². The number of carbonyl (C=O) groups excluding carboxylic acids is 3. The number of anilines is 1. The van der Waals surface area contributed by atoms with Crippen molar-refractivity contribution in [3.05, 3.63) is 78.1 Å². The molecule has 1 aromatic heterocycles. The van der Waals surface area contributed by atoms with Crippen LogP contribution in [0.1, 0.15) is 22.5 Å². The number of likely N-dealkylation sites (N-methyl/N-ethyl adjacent to an activating group) is 1. The Morgan fingerprint density at radius 2 is 1.94 bits per heavy atom. The maximum absolute atomic E-state index is 13.1. The lowest BCUT2D eigenvalue weighted by molar-refractivity contribution is -0.120. The van der Waals surface area contributed by atoms with Crippen LogP contribution in [0.15, 0.2) is 66.9 Å². The molecular weight excluding hydrogens is 436 g/mol. The molecule has 0 saturated carbocycles. The Bertz CT molecular complexity index is 1210. The molecule has 1 aliphatic heterocycles. The normalized spacial score (nSPS) is 15.0. The second-order valence-corrected chi connectivity index (χ2v) is 7.79. The fourth-order valence-corrected chi connectivity index (χ4v) is 3.53. The highest BCUT2D eigenvalue weighted by molar-refractivity contribution is 6.03. The highest BCUT2D eigenvalue weighted by Crippen LogP contribution is 2.32. The van der Waals surface area contributed by atoms with Crippen LogP contribution < -0.4 is 25.4 Å². The van der Waals surface area contributed by atoms with Gasteiger partial charge in [0.25, 0.3) is 11.8 Å². The van der Waals surface area contributed by atoms with E-state index in [2.05, 4.69) is 10.3 Å².